The van der Waals surface area contributed by atoms with Crippen molar-refractivity contribution in [2.75, 3.05) is 13.2 Å². The molecule has 21 heavy (non-hydrogen) atoms. The van der Waals surface area contributed by atoms with Gasteiger partial charge in [0, 0.05) is 19.3 Å². The third-order valence-corrected chi connectivity index (χ3v) is 5.20. The van der Waals surface area contributed by atoms with Crippen LogP contribution in [0, 0.1) is 5.92 Å². The molecule has 0 spiro atoms. The number of fused-ring (bicyclic) bond motifs is 1. The van der Waals surface area contributed by atoms with Crippen molar-refractivity contribution in [1.82, 2.24) is 14.1 Å². The molecule has 8 heteroatoms. The second-order valence-electron chi connectivity index (χ2n) is 4.78. The highest BCUT2D eigenvalue weighted by molar-refractivity contribution is 7.89. The second-order valence-corrected chi connectivity index (χ2v) is 6.82. The average Bonchev–Trinajstić information content (AvgIpc) is 2.79. The van der Waals surface area contributed by atoms with E-state index in [-0.39, 0.29) is 29.2 Å². The highest BCUT2D eigenvalue weighted by Gasteiger charge is 2.24. The summed E-state index contributed by atoms with van der Waals surface area (Å²) in [5, 5.41) is 8.85. The largest absolute Gasteiger partial charge is 0.396 e. The lowest BCUT2D eigenvalue weighted by atomic mass is 10.0. The Kier molecular flexibility index (Phi) is 5.21. The molecule has 1 unspecified atom stereocenters. The van der Waals surface area contributed by atoms with Crippen LogP contribution in [-0.2, 0) is 10.0 Å². The molecule has 0 fully saturated rings. The van der Waals surface area contributed by atoms with Crippen LogP contribution < -0.4 is 4.72 Å². The number of nitrogens with one attached hydrogen (secondary N) is 1. The van der Waals surface area contributed by atoms with Gasteiger partial charge in [0.1, 0.15) is 5.65 Å². The lowest BCUT2D eigenvalue weighted by Crippen LogP contribution is -2.30. The lowest BCUT2D eigenvalue weighted by Gasteiger charge is -2.14. The maximum atomic E-state index is 12.4. The molecule has 0 saturated carbocycles. The van der Waals surface area contributed by atoms with Gasteiger partial charge in [0.15, 0.2) is 10.2 Å². The monoisotopic (exact) mass is 331 g/mol. The number of nitrogens with zero attached hydrogens (tertiary/aromatic N) is 2. The van der Waals surface area contributed by atoms with E-state index < -0.39 is 10.0 Å². The first kappa shape index (κ1) is 16.2. The number of aliphatic hydroxyl groups excluding tert-OH is 1. The number of pyridine rings is 1. The van der Waals surface area contributed by atoms with Crippen molar-refractivity contribution in [3.05, 3.63) is 29.5 Å². The summed E-state index contributed by atoms with van der Waals surface area (Å²) in [5.41, 5.74) is 0.477. The van der Waals surface area contributed by atoms with Gasteiger partial charge >= 0.3 is 0 Å². The zero-order chi connectivity index (χ0) is 15.5. The van der Waals surface area contributed by atoms with E-state index in [4.69, 9.17) is 16.7 Å². The van der Waals surface area contributed by atoms with Crippen molar-refractivity contribution in [3.8, 4) is 0 Å². The van der Waals surface area contributed by atoms with Crippen LogP contribution in [0.1, 0.15) is 19.8 Å². The molecule has 0 saturated heterocycles. The number of sulfonamides is 1. The number of hydrogen-bond acceptors (Lipinski definition) is 4. The highest BCUT2D eigenvalue weighted by Crippen LogP contribution is 2.22. The highest BCUT2D eigenvalue weighted by atomic mass is 35.5. The van der Waals surface area contributed by atoms with Crippen LogP contribution in [-0.4, -0.2) is 36.1 Å². The van der Waals surface area contributed by atoms with Crippen molar-refractivity contribution in [2.45, 2.75) is 24.8 Å². The summed E-state index contributed by atoms with van der Waals surface area (Å²) in [6.45, 7) is 2.25. The number of halogens is 1. The number of imidazole rings is 1. The Morgan fingerprint density at radius 3 is 2.90 bits per heavy atom. The fourth-order valence-electron chi connectivity index (χ4n) is 2.11. The molecule has 0 bridgehead atoms. The molecule has 6 nitrogen and oxygen atoms in total. The van der Waals surface area contributed by atoms with Crippen molar-refractivity contribution < 1.29 is 13.5 Å². The van der Waals surface area contributed by atoms with E-state index in [1.165, 1.54) is 4.40 Å². The topological polar surface area (TPSA) is 83.7 Å². The third kappa shape index (κ3) is 3.55. The fourth-order valence-corrected chi connectivity index (χ4v) is 3.87. The van der Waals surface area contributed by atoms with Crippen LogP contribution in [0.2, 0.25) is 5.15 Å². The number of aromatic nitrogens is 2. The smallest absolute Gasteiger partial charge is 0.259 e. The van der Waals surface area contributed by atoms with E-state index in [1.54, 1.807) is 24.4 Å². The molecular formula is C13H18ClN3O3S. The minimum Gasteiger partial charge on any atom is -0.396 e. The summed E-state index contributed by atoms with van der Waals surface area (Å²) in [4.78, 5) is 4.03. The van der Waals surface area contributed by atoms with Crippen LogP contribution in [0.15, 0.2) is 29.4 Å². The standard InChI is InChI=1S/C13H18ClN3O3S/c1-2-10(6-8-18)9-15-21(19,20)13-12(14)16-11-5-3-4-7-17(11)13/h3-5,7,10,15,18H,2,6,8-9H2,1H3. The molecule has 0 aromatic carbocycles. The minimum atomic E-state index is -3.76. The van der Waals surface area contributed by atoms with E-state index in [1.807, 2.05) is 6.92 Å². The van der Waals surface area contributed by atoms with Crippen LogP contribution in [0.5, 0.6) is 0 Å². The van der Waals surface area contributed by atoms with Crippen LogP contribution in [0.25, 0.3) is 5.65 Å². The van der Waals surface area contributed by atoms with Crippen molar-refractivity contribution in [2.24, 2.45) is 5.92 Å². The van der Waals surface area contributed by atoms with Crippen molar-refractivity contribution in [1.29, 1.82) is 0 Å². The van der Waals surface area contributed by atoms with Crippen LogP contribution in [0.4, 0.5) is 0 Å². The average molecular weight is 332 g/mol. The van der Waals surface area contributed by atoms with E-state index in [0.717, 1.165) is 6.42 Å². The van der Waals surface area contributed by atoms with Gasteiger partial charge in [-0.3, -0.25) is 4.40 Å². The fraction of sp³-hybridized carbons (Fsp3) is 0.462. The predicted octanol–water partition coefficient (Wildman–Crippen LogP) is 1.67. The van der Waals surface area contributed by atoms with E-state index in [0.29, 0.717) is 12.1 Å². The maximum Gasteiger partial charge on any atom is 0.259 e. The number of aliphatic hydroxyl groups is 1. The van der Waals surface area contributed by atoms with E-state index >= 15 is 0 Å². The summed E-state index contributed by atoms with van der Waals surface area (Å²) in [6.07, 6.45) is 2.94. The molecule has 2 N–H and O–H groups in total. The Bertz CT molecular complexity index is 715. The molecule has 0 amide bonds. The Morgan fingerprint density at radius 1 is 1.48 bits per heavy atom. The number of hydrogen-bond donors (Lipinski definition) is 2. The molecule has 2 aromatic heterocycles. The van der Waals surface area contributed by atoms with Gasteiger partial charge in [-0.2, -0.15) is 0 Å². The molecule has 2 heterocycles. The predicted molar refractivity (Wildman–Crippen MR) is 80.9 cm³/mol. The summed E-state index contributed by atoms with van der Waals surface area (Å²) in [7, 11) is -3.76. The second kappa shape index (κ2) is 6.74. The summed E-state index contributed by atoms with van der Waals surface area (Å²) in [5.74, 6) is 0.0859. The summed E-state index contributed by atoms with van der Waals surface area (Å²) < 4.78 is 28.9. The summed E-state index contributed by atoms with van der Waals surface area (Å²) >= 11 is 5.97. The first-order valence-electron chi connectivity index (χ1n) is 6.72. The zero-order valence-electron chi connectivity index (χ0n) is 11.7. The minimum absolute atomic E-state index is 0.0383. The van der Waals surface area contributed by atoms with Crippen LogP contribution in [0.3, 0.4) is 0 Å². The molecular weight excluding hydrogens is 314 g/mol. The van der Waals surface area contributed by atoms with Gasteiger partial charge in [-0.15, -0.1) is 0 Å². The molecule has 2 rings (SSSR count). The van der Waals surface area contributed by atoms with Crippen LogP contribution >= 0.6 is 11.6 Å². The summed E-state index contributed by atoms with van der Waals surface area (Å²) in [6, 6.07) is 5.16. The molecule has 0 aliphatic heterocycles. The van der Waals surface area contributed by atoms with Crippen molar-refractivity contribution >= 4 is 27.3 Å². The molecule has 0 aliphatic carbocycles. The van der Waals surface area contributed by atoms with Gasteiger partial charge in [-0.25, -0.2) is 18.1 Å². The van der Waals surface area contributed by atoms with Crippen molar-refractivity contribution in [3.63, 3.8) is 0 Å². The zero-order valence-corrected chi connectivity index (χ0v) is 13.2. The lowest BCUT2D eigenvalue weighted by molar-refractivity contribution is 0.254. The van der Waals surface area contributed by atoms with E-state index in [2.05, 4.69) is 9.71 Å². The SMILES string of the molecule is CCC(CCO)CNS(=O)(=O)c1c(Cl)nc2ccccn12. The van der Waals surface area contributed by atoms with Gasteiger partial charge in [-0.1, -0.05) is 31.0 Å². The van der Waals surface area contributed by atoms with Gasteiger partial charge < -0.3 is 5.11 Å². The number of rotatable bonds is 7. The Balaban J connectivity index is 2.28. The quantitative estimate of drug-likeness (QED) is 0.808. The van der Waals surface area contributed by atoms with Gasteiger partial charge in [-0.05, 0) is 24.5 Å². The Morgan fingerprint density at radius 2 is 2.24 bits per heavy atom. The van der Waals surface area contributed by atoms with E-state index in [9.17, 15) is 8.42 Å². The van der Waals surface area contributed by atoms with Gasteiger partial charge in [0.25, 0.3) is 10.0 Å². The Labute approximate surface area is 128 Å². The third-order valence-electron chi connectivity index (χ3n) is 3.38. The Hall–Kier alpha value is -1.15. The molecule has 0 aliphatic rings. The molecule has 0 radical (unpaired) electrons. The molecule has 116 valence electrons. The van der Waals surface area contributed by atoms with Gasteiger partial charge in [0.2, 0.25) is 0 Å². The first-order valence-corrected chi connectivity index (χ1v) is 8.58. The van der Waals surface area contributed by atoms with Gasteiger partial charge in [0.05, 0.1) is 0 Å². The molecule has 2 aromatic rings. The normalized spacial score (nSPS) is 13.7. The molecule has 1 atom stereocenters. The first-order chi connectivity index (χ1) is 9.99. The maximum absolute atomic E-state index is 12.4.